The Morgan fingerprint density at radius 2 is 1.02 bits per heavy atom. The number of carbonyl (C=O) groups is 2. The largest absolute Gasteiger partial charge is 0.469 e. The molecule has 328 valence electrons. The molecule has 0 aliphatic heterocycles. The molecule has 0 aliphatic rings. The van der Waals surface area contributed by atoms with Crippen LogP contribution in [0.15, 0.2) is 72.9 Å². The summed E-state index contributed by atoms with van der Waals surface area (Å²) < 4.78 is 26.3. The first-order chi connectivity index (χ1) is 27.5. The van der Waals surface area contributed by atoms with Crippen LogP contribution in [0.4, 0.5) is 0 Å². The fraction of sp³-hybridized carbons (Fsp3) is 0.702. The molecule has 1 unspecified atom stereocenters. The molecule has 0 rings (SSSR count). The summed E-state index contributed by atoms with van der Waals surface area (Å²) in [4.78, 5) is 42.9. The molecular weight excluding hydrogens is 739 g/mol. The number of aliphatic hydroxyl groups is 1. The van der Waals surface area contributed by atoms with E-state index in [1.807, 2.05) is 12.2 Å². The van der Waals surface area contributed by atoms with Gasteiger partial charge in [0, 0.05) is 12.8 Å². The van der Waals surface area contributed by atoms with Crippen LogP contribution in [0.1, 0.15) is 181 Å². The molecule has 0 aliphatic carbocycles. The maximum Gasteiger partial charge on any atom is 0.469 e. The van der Waals surface area contributed by atoms with Crippen molar-refractivity contribution < 1.29 is 43.0 Å². The van der Waals surface area contributed by atoms with Crippen LogP contribution in [0.5, 0.6) is 0 Å². The number of allylic oxidation sites excluding steroid dienone is 11. The number of carbonyl (C=O) groups excluding carboxylic acids is 2. The molecule has 9 nitrogen and oxygen atoms in total. The number of unbranched alkanes of at least 4 members (excludes halogenated alkanes) is 15. The van der Waals surface area contributed by atoms with E-state index in [1.54, 1.807) is 12.2 Å². The lowest BCUT2D eigenvalue weighted by atomic mass is 10.0. The normalized spacial score (nSPS) is 13.8. The minimum absolute atomic E-state index is 0.0881. The summed E-state index contributed by atoms with van der Waals surface area (Å²) in [6, 6.07) is 0. The number of rotatable bonds is 39. The van der Waals surface area contributed by atoms with E-state index in [2.05, 4.69) is 73.9 Å². The predicted molar refractivity (Wildman–Crippen MR) is 236 cm³/mol. The van der Waals surface area contributed by atoms with Gasteiger partial charge in [-0.1, -0.05) is 196 Å². The van der Waals surface area contributed by atoms with Crippen molar-refractivity contribution in [2.24, 2.45) is 5.92 Å². The fourth-order valence-corrected chi connectivity index (χ4v) is 6.32. The lowest BCUT2D eigenvalue weighted by molar-refractivity contribution is -0.161. The molecule has 0 saturated carbocycles. The van der Waals surface area contributed by atoms with Crippen LogP contribution in [0.3, 0.4) is 0 Å². The van der Waals surface area contributed by atoms with E-state index in [0.29, 0.717) is 6.42 Å². The molecule has 0 aromatic heterocycles. The molecule has 0 heterocycles. The van der Waals surface area contributed by atoms with Crippen molar-refractivity contribution in [1.82, 2.24) is 0 Å². The van der Waals surface area contributed by atoms with Crippen LogP contribution in [0.25, 0.3) is 0 Å². The average Bonchev–Trinajstić information content (AvgIpc) is 3.17. The fourth-order valence-electron chi connectivity index (χ4n) is 5.96. The minimum atomic E-state index is -4.83. The van der Waals surface area contributed by atoms with Crippen molar-refractivity contribution >= 4 is 19.8 Å². The molecule has 0 saturated heterocycles. The summed E-state index contributed by atoms with van der Waals surface area (Å²) in [7, 11) is -4.83. The second-order valence-electron chi connectivity index (χ2n) is 15.3. The monoisotopic (exact) mass is 821 g/mol. The van der Waals surface area contributed by atoms with Crippen LogP contribution >= 0.6 is 7.82 Å². The van der Waals surface area contributed by atoms with Crippen molar-refractivity contribution in [3.05, 3.63) is 72.9 Å². The topological polar surface area (TPSA) is 140 Å². The second kappa shape index (κ2) is 40.2. The molecule has 0 amide bonds. The van der Waals surface area contributed by atoms with Crippen molar-refractivity contribution in [1.29, 1.82) is 0 Å². The third-order valence-corrected chi connectivity index (χ3v) is 9.77. The molecule has 2 atom stereocenters. The van der Waals surface area contributed by atoms with Gasteiger partial charge in [-0.25, -0.2) is 4.57 Å². The Balaban J connectivity index is 4.11. The molecule has 0 bridgehead atoms. The van der Waals surface area contributed by atoms with Crippen LogP contribution in [-0.2, 0) is 28.2 Å². The quantitative estimate of drug-likeness (QED) is 0.0182. The van der Waals surface area contributed by atoms with Gasteiger partial charge < -0.3 is 24.4 Å². The molecule has 0 aromatic carbocycles. The highest BCUT2D eigenvalue weighted by Crippen LogP contribution is 2.36. The molecule has 57 heavy (non-hydrogen) atoms. The van der Waals surface area contributed by atoms with Gasteiger partial charge in [0.25, 0.3) is 0 Å². The Hall–Kier alpha value is -2.55. The van der Waals surface area contributed by atoms with E-state index >= 15 is 0 Å². The standard InChI is InChI=1S/C47H81O9P/c1-4-5-6-7-8-9-10-11-12-16-19-22-25-28-31-34-37-44(48)39-40-47(50)56-45(42-55-57(51,52)53)41-54-46(49)38-35-32-29-26-23-20-17-14-13-15-18-21-24-27-30-33-36-43(2)3/h5-6,8-9,11-12,19,22,28,31,34,37,43-45,48H,4,7,10,13-18,20-21,23-27,29-30,32-33,35-36,38-42H2,1-3H3,(H2,51,52,53)/b6-5-,9-8-,12-11-,22-19-,31-28-,37-34-/t44?,45-/m1/s1. The zero-order chi connectivity index (χ0) is 42.1. The van der Waals surface area contributed by atoms with Crippen molar-refractivity contribution in [2.45, 2.75) is 193 Å². The SMILES string of the molecule is CC/C=C\C/C=C\C/C=C\C/C=C\C/C=C\C=C/C(O)CCC(=O)O[C@H](COC(=O)CCCCCCCCCCCCCCCCCCC(C)C)COP(=O)(O)O. The lowest BCUT2D eigenvalue weighted by Gasteiger charge is -2.18. The van der Waals surface area contributed by atoms with Gasteiger partial charge in [-0.05, 0) is 50.9 Å². The summed E-state index contributed by atoms with van der Waals surface area (Å²) in [5, 5.41) is 10.2. The first kappa shape index (κ1) is 54.5. The van der Waals surface area contributed by atoms with Crippen molar-refractivity contribution in [3.63, 3.8) is 0 Å². The molecule has 3 N–H and O–H groups in total. The third kappa shape index (κ3) is 44.4. The zero-order valence-corrected chi connectivity index (χ0v) is 36.9. The van der Waals surface area contributed by atoms with Crippen molar-refractivity contribution in [2.75, 3.05) is 13.2 Å². The summed E-state index contributed by atoms with van der Waals surface area (Å²) >= 11 is 0. The average molecular weight is 821 g/mol. The van der Waals surface area contributed by atoms with Gasteiger partial charge in [0.15, 0.2) is 6.10 Å². The van der Waals surface area contributed by atoms with Gasteiger partial charge in [0.05, 0.1) is 12.7 Å². The van der Waals surface area contributed by atoms with E-state index < -0.39 is 38.6 Å². The van der Waals surface area contributed by atoms with Gasteiger partial charge in [-0.2, -0.15) is 0 Å². The highest BCUT2D eigenvalue weighted by atomic mass is 31.2. The number of phosphoric ester groups is 1. The number of hydrogen-bond acceptors (Lipinski definition) is 7. The molecule has 0 radical (unpaired) electrons. The Bertz CT molecular complexity index is 1180. The number of esters is 2. The zero-order valence-electron chi connectivity index (χ0n) is 36.0. The highest BCUT2D eigenvalue weighted by Gasteiger charge is 2.23. The predicted octanol–water partition coefficient (Wildman–Crippen LogP) is 12.7. The van der Waals surface area contributed by atoms with Gasteiger partial charge in [-0.3, -0.25) is 14.1 Å². The maximum absolute atomic E-state index is 12.4. The molecular formula is C47H81O9P. The Morgan fingerprint density at radius 3 is 1.49 bits per heavy atom. The Kier molecular flexibility index (Phi) is 38.4. The molecule has 0 fully saturated rings. The van der Waals surface area contributed by atoms with Crippen LogP contribution in [0, 0.1) is 5.92 Å². The van der Waals surface area contributed by atoms with Crippen molar-refractivity contribution in [3.8, 4) is 0 Å². The maximum atomic E-state index is 12.4. The smallest absolute Gasteiger partial charge is 0.462 e. The van der Waals surface area contributed by atoms with Gasteiger partial charge in [0.1, 0.15) is 6.61 Å². The van der Waals surface area contributed by atoms with Crippen LogP contribution < -0.4 is 0 Å². The van der Waals surface area contributed by atoms with Gasteiger partial charge in [0.2, 0.25) is 0 Å². The van der Waals surface area contributed by atoms with E-state index in [0.717, 1.165) is 57.3 Å². The molecule has 0 aromatic rings. The lowest BCUT2D eigenvalue weighted by Crippen LogP contribution is -2.29. The van der Waals surface area contributed by atoms with Gasteiger partial charge in [-0.15, -0.1) is 0 Å². The van der Waals surface area contributed by atoms with Crippen LogP contribution in [0.2, 0.25) is 0 Å². The first-order valence-electron chi connectivity index (χ1n) is 22.2. The number of aliphatic hydroxyl groups excluding tert-OH is 1. The highest BCUT2D eigenvalue weighted by molar-refractivity contribution is 7.46. The summed E-state index contributed by atoms with van der Waals surface area (Å²) in [5.74, 6) is -0.334. The van der Waals surface area contributed by atoms with E-state index in [1.165, 1.54) is 83.5 Å². The minimum Gasteiger partial charge on any atom is -0.462 e. The van der Waals surface area contributed by atoms with Gasteiger partial charge >= 0.3 is 19.8 Å². The summed E-state index contributed by atoms with van der Waals surface area (Å²) in [5.41, 5.74) is 0. The van der Waals surface area contributed by atoms with E-state index in [-0.39, 0.29) is 25.9 Å². The van der Waals surface area contributed by atoms with Crippen LogP contribution in [-0.4, -0.2) is 52.3 Å². The Labute approximate surface area is 347 Å². The first-order valence-corrected chi connectivity index (χ1v) is 23.7. The third-order valence-electron chi connectivity index (χ3n) is 9.29. The summed E-state index contributed by atoms with van der Waals surface area (Å²) in [6.07, 6.45) is 48.1. The number of hydrogen-bond donors (Lipinski definition) is 3. The van der Waals surface area contributed by atoms with E-state index in [9.17, 15) is 19.3 Å². The Morgan fingerprint density at radius 1 is 0.561 bits per heavy atom. The summed E-state index contributed by atoms with van der Waals surface area (Å²) in [6.45, 7) is 5.72. The van der Waals surface area contributed by atoms with E-state index in [4.69, 9.17) is 19.3 Å². The number of ether oxygens (including phenoxy) is 2. The second-order valence-corrected chi connectivity index (χ2v) is 16.6. The molecule has 0 spiro atoms. The molecule has 10 heteroatoms. The number of phosphoric acid groups is 1.